The van der Waals surface area contributed by atoms with Crippen LogP contribution in [0.1, 0.15) is 0 Å². The zero-order valence-electron chi connectivity index (χ0n) is 8.97. The van der Waals surface area contributed by atoms with Crippen molar-refractivity contribution in [2.75, 3.05) is 12.5 Å². The number of hydrogen-bond acceptors (Lipinski definition) is 4. The molecule has 0 unspecified atom stereocenters. The smallest absolute Gasteiger partial charge is 0.118 e. The summed E-state index contributed by atoms with van der Waals surface area (Å²) in [5.74, 6) is 6.18. The Morgan fingerprint density at radius 2 is 1.94 bits per heavy atom. The summed E-state index contributed by atoms with van der Waals surface area (Å²) in [6, 6.07) is 11.4. The molecule has 0 amide bonds. The Hall–Kier alpha value is -2.07. The summed E-state index contributed by atoms with van der Waals surface area (Å²) < 4.78 is 5.10. The number of rotatable bonds is 3. The van der Waals surface area contributed by atoms with Crippen molar-refractivity contribution in [2.45, 2.75) is 0 Å². The highest BCUT2D eigenvalue weighted by Crippen LogP contribution is 2.22. The fourth-order valence-corrected chi connectivity index (χ4v) is 1.44. The van der Waals surface area contributed by atoms with E-state index in [9.17, 15) is 0 Å². The molecule has 82 valence electrons. The third kappa shape index (κ3) is 2.12. The van der Waals surface area contributed by atoms with Crippen molar-refractivity contribution < 1.29 is 4.74 Å². The highest BCUT2D eigenvalue weighted by Gasteiger charge is 2.00. The molecule has 0 fully saturated rings. The number of ether oxygens (including phenoxy) is 1. The van der Waals surface area contributed by atoms with Crippen LogP contribution in [0.25, 0.3) is 11.3 Å². The van der Waals surface area contributed by atoms with Crippen LogP contribution in [0.5, 0.6) is 5.75 Å². The van der Waals surface area contributed by atoms with Gasteiger partial charge in [-0.1, -0.05) is 0 Å². The largest absolute Gasteiger partial charge is 0.497 e. The second-order valence-corrected chi connectivity index (χ2v) is 3.30. The van der Waals surface area contributed by atoms with Gasteiger partial charge >= 0.3 is 0 Å². The first-order valence-corrected chi connectivity index (χ1v) is 4.90. The first-order valence-electron chi connectivity index (χ1n) is 4.90. The molecule has 0 aliphatic heterocycles. The Balaban J connectivity index is 2.34. The minimum atomic E-state index is 0.830. The standard InChI is InChI=1S/C12H13N3O/c1-16-11-4-2-9(3-5-11)12-8-10(15-13)6-7-14-12/h2-8H,13H2,1H3,(H,14,15). The van der Waals surface area contributed by atoms with Gasteiger partial charge in [0.25, 0.3) is 0 Å². The van der Waals surface area contributed by atoms with E-state index in [0.717, 1.165) is 22.7 Å². The SMILES string of the molecule is COc1ccc(-c2cc(NN)ccn2)cc1. The van der Waals surface area contributed by atoms with Crippen LogP contribution >= 0.6 is 0 Å². The van der Waals surface area contributed by atoms with Crippen LogP contribution in [0.4, 0.5) is 5.69 Å². The molecule has 4 nitrogen and oxygen atoms in total. The molecule has 4 heteroatoms. The van der Waals surface area contributed by atoms with Gasteiger partial charge in [-0.3, -0.25) is 10.8 Å². The molecule has 16 heavy (non-hydrogen) atoms. The first-order chi connectivity index (χ1) is 7.83. The zero-order chi connectivity index (χ0) is 11.4. The van der Waals surface area contributed by atoms with Crippen molar-refractivity contribution >= 4 is 5.69 Å². The first kappa shape index (κ1) is 10.4. The molecule has 0 bridgehead atoms. The number of aromatic nitrogens is 1. The minimum Gasteiger partial charge on any atom is -0.497 e. The molecule has 0 spiro atoms. The van der Waals surface area contributed by atoms with E-state index >= 15 is 0 Å². The average molecular weight is 215 g/mol. The van der Waals surface area contributed by atoms with Gasteiger partial charge in [0.15, 0.2) is 0 Å². The van der Waals surface area contributed by atoms with Gasteiger partial charge in [-0.15, -0.1) is 0 Å². The molecule has 3 N–H and O–H groups in total. The lowest BCUT2D eigenvalue weighted by molar-refractivity contribution is 0.415. The van der Waals surface area contributed by atoms with E-state index in [-0.39, 0.29) is 0 Å². The van der Waals surface area contributed by atoms with Gasteiger partial charge in [0.1, 0.15) is 5.75 Å². The Morgan fingerprint density at radius 3 is 2.56 bits per heavy atom. The second-order valence-electron chi connectivity index (χ2n) is 3.30. The van der Waals surface area contributed by atoms with Gasteiger partial charge < -0.3 is 10.2 Å². The monoisotopic (exact) mass is 215 g/mol. The number of hydrazine groups is 1. The van der Waals surface area contributed by atoms with E-state index in [2.05, 4.69) is 10.4 Å². The van der Waals surface area contributed by atoms with Crippen LogP contribution in [-0.2, 0) is 0 Å². The van der Waals surface area contributed by atoms with Crippen LogP contribution in [0, 0.1) is 0 Å². The van der Waals surface area contributed by atoms with Gasteiger partial charge in [0.05, 0.1) is 18.5 Å². The quantitative estimate of drug-likeness (QED) is 0.607. The summed E-state index contributed by atoms with van der Waals surface area (Å²) in [6.45, 7) is 0. The molecule has 1 aromatic carbocycles. The van der Waals surface area contributed by atoms with Crippen molar-refractivity contribution in [3.05, 3.63) is 42.6 Å². The molecule has 0 saturated carbocycles. The number of nitrogens with two attached hydrogens (primary N) is 1. The van der Waals surface area contributed by atoms with Crippen molar-refractivity contribution in [3.63, 3.8) is 0 Å². The van der Waals surface area contributed by atoms with E-state index in [0.29, 0.717) is 0 Å². The third-order valence-electron chi connectivity index (χ3n) is 2.31. The molecule has 0 aliphatic carbocycles. The molecule has 0 aliphatic rings. The number of nitrogens with one attached hydrogen (secondary N) is 1. The predicted molar refractivity (Wildman–Crippen MR) is 64.0 cm³/mol. The summed E-state index contributed by atoms with van der Waals surface area (Å²) in [4.78, 5) is 4.28. The minimum absolute atomic E-state index is 0.830. The van der Waals surface area contributed by atoms with E-state index < -0.39 is 0 Å². The van der Waals surface area contributed by atoms with E-state index in [4.69, 9.17) is 10.6 Å². The maximum atomic E-state index is 5.34. The number of pyridine rings is 1. The van der Waals surface area contributed by atoms with E-state index in [1.54, 1.807) is 13.3 Å². The van der Waals surface area contributed by atoms with Crippen LogP contribution in [0.3, 0.4) is 0 Å². The molecule has 2 rings (SSSR count). The number of methoxy groups -OCH3 is 1. The van der Waals surface area contributed by atoms with Crippen molar-refractivity contribution in [2.24, 2.45) is 5.84 Å². The van der Waals surface area contributed by atoms with Crippen LogP contribution < -0.4 is 16.0 Å². The molecule has 0 atom stereocenters. The summed E-state index contributed by atoms with van der Waals surface area (Å²) in [7, 11) is 1.65. The maximum absolute atomic E-state index is 5.34. The topological polar surface area (TPSA) is 60.2 Å². The van der Waals surface area contributed by atoms with Gasteiger partial charge in [0, 0.05) is 11.8 Å². The molecular formula is C12H13N3O. The van der Waals surface area contributed by atoms with E-state index in [1.807, 2.05) is 36.4 Å². The Labute approximate surface area is 94.0 Å². The number of nitrogen functional groups attached to an aromatic ring is 1. The Bertz CT molecular complexity index is 468. The zero-order valence-corrected chi connectivity index (χ0v) is 8.97. The maximum Gasteiger partial charge on any atom is 0.118 e. The van der Waals surface area contributed by atoms with Gasteiger partial charge in [-0.2, -0.15) is 0 Å². The lowest BCUT2D eigenvalue weighted by Crippen LogP contribution is -2.06. The van der Waals surface area contributed by atoms with E-state index in [1.165, 1.54) is 0 Å². The third-order valence-corrected chi connectivity index (χ3v) is 2.31. The number of nitrogens with zero attached hydrogens (tertiary/aromatic N) is 1. The fraction of sp³-hybridized carbons (Fsp3) is 0.0833. The number of anilines is 1. The van der Waals surface area contributed by atoms with Crippen molar-refractivity contribution in [1.29, 1.82) is 0 Å². The van der Waals surface area contributed by atoms with Crippen LogP contribution in [0.15, 0.2) is 42.6 Å². The van der Waals surface area contributed by atoms with Gasteiger partial charge in [0.2, 0.25) is 0 Å². The van der Waals surface area contributed by atoms with Gasteiger partial charge in [-0.25, -0.2) is 0 Å². The number of benzene rings is 1. The lowest BCUT2D eigenvalue weighted by atomic mass is 10.1. The summed E-state index contributed by atoms with van der Waals surface area (Å²) >= 11 is 0. The summed E-state index contributed by atoms with van der Waals surface area (Å²) in [5.41, 5.74) is 5.33. The predicted octanol–water partition coefficient (Wildman–Crippen LogP) is 2.04. The van der Waals surface area contributed by atoms with Crippen LogP contribution in [0.2, 0.25) is 0 Å². The summed E-state index contributed by atoms with van der Waals surface area (Å²) in [5, 5.41) is 0. The summed E-state index contributed by atoms with van der Waals surface area (Å²) in [6.07, 6.45) is 1.72. The average Bonchev–Trinajstić information content (AvgIpc) is 2.39. The fourth-order valence-electron chi connectivity index (χ4n) is 1.44. The normalized spacial score (nSPS) is 9.88. The Morgan fingerprint density at radius 1 is 1.19 bits per heavy atom. The second kappa shape index (κ2) is 4.63. The van der Waals surface area contributed by atoms with Gasteiger partial charge in [-0.05, 0) is 36.4 Å². The highest BCUT2D eigenvalue weighted by atomic mass is 16.5. The molecule has 0 saturated heterocycles. The molecule has 2 aromatic rings. The van der Waals surface area contributed by atoms with Crippen LogP contribution in [-0.4, -0.2) is 12.1 Å². The highest BCUT2D eigenvalue weighted by molar-refractivity contribution is 5.64. The molecule has 0 radical (unpaired) electrons. The number of hydrogen-bond donors (Lipinski definition) is 2. The lowest BCUT2D eigenvalue weighted by Gasteiger charge is -2.05. The van der Waals surface area contributed by atoms with Crippen molar-refractivity contribution in [3.8, 4) is 17.0 Å². The molecule has 1 heterocycles. The Kier molecular flexibility index (Phi) is 3.03. The molecule has 1 aromatic heterocycles. The van der Waals surface area contributed by atoms with Crippen molar-refractivity contribution in [1.82, 2.24) is 4.98 Å². The molecular weight excluding hydrogens is 202 g/mol.